The largest absolute Gasteiger partial charge is 0.460 e. The van der Waals surface area contributed by atoms with Crippen molar-refractivity contribution in [2.45, 2.75) is 43.6 Å². The van der Waals surface area contributed by atoms with Crippen molar-refractivity contribution in [1.82, 2.24) is 10.2 Å². The normalized spacial score (nSPS) is 22.8. The van der Waals surface area contributed by atoms with E-state index in [4.69, 9.17) is 4.74 Å². The topological polar surface area (TPSA) is 111 Å². The number of benzene rings is 2. The number of esters is 1. The van der Waals surface area contributed by atoms with Crippen LogP contribution in [0.2, 0.25) is 0 Å². The van der Waals surface area contributed by atoms with Gasteiger partial charge < -0.3 is 30.5 Å². The molecule has 1 heterocycles. The van der Waals surface area contributed by atoms with Gasteiger partial charge in [-0.05, 0) is 59.3 Å². The Morgan fingerprint density at radius 2 is 1.89 bits per heavy atom. The van der Waals surface area contributed by atoms with Crippen LogP contribution in [0.25, 0.3) is 0 Å². The van der Waals surface area contributed by atoms with Crippen LogP contribution in [0.15, 0.2) is 30.3 Å². The zero-order chi connectivity index (χ0) is 26.2. The van der Waals surface area contributed by atoms with Crippen LogP contribution >= 0.6 is 22.6 Å². The van der Waals surface area contributed by atoms with Gasteiger partial charge in [0.05, 0.1) is 36.1 Å². The number of anilines is 2. The highest BCUT2D eigenvalue weighted by molar-refractivity contribution is 14.1. The third-order valence-corrected chi connectivity index (χ3v) is 6.95. The smallest absolute Gasteiger partial charge is 0.302 e. The third kappa shape index (κ3) is 5.76. The second kappa shape index (κ2) is 10.5. The molecular formula is C24H25F3IN3O5. The predicted octanol–water partition coefficient (Wildman–Crippen LogP) is 2.68. The second-order valence-electron chi connectivity index (χ2n) is 9.18. The van der Waals surface area contributed by atoms with E-state index in [2.05, 4.69) is 10.6 Å². The molecule has 3 atom stereocenters. The van der Waals surface area contributed by atoms with Gasteiger partial charge in [0.15, 0.2) is 11.6 Å². The highest BCUT2D eigenvalue weighted by atomic mass is 127. The van der Waals surface area contributed by atoms with Gasteiger partial charge in [-0.15, -0.1) is 0 Å². The number of hydrogen-bond acceptors (Lipinski definition) is 7. The lowest BCUT2D eigenvalue weighted by Crippen LogP contribution is -2.67. The van der Waals surface area contributed by atoms with Crippen LogP contribution in [-0.4, -0.2) is 70.5 Å². The van der Waals surface area contributed by atoms with Crippen LogP contribution in [0, 0.1) is 21.0 Å². The summed E-state index contributed by atoms with van der Waals surface area (Å²) in [6, 6.07) is 5.88. The molecule has 1 saturated heterocycles. The molecule has 1 unspecified atom stereocenters. The first-order valence-corrected chi connectivity index (χ1v) is 12.3. The molecule has 2 aromatic carbocycles. The summed E-state index contributed by atoms with van der Waals surface area (Å²) in [5.74, 6) is -4.35. The first-order valence-electron chi connectivity index (χ1n) is 11.3. The van der Waals surface area contributed by atoms with E-state index in [1.54, 1.807) is 6.07 Å². The summed E-state index contributed by atoms with van der Waals surface area (Å²) in [5, 5.41) is 26.4. The van der Waals surface area contributed by atoms with Crippen LogP contribution in [0.5, 0.6) is 0 Å². The van der Waals surface area contributed by atoms with Gasteiger partial charge in [-0.2, -0.15) is 0 Å². The van der Waals surface area contributed by atoms with Crippen molar-refractivity contribution in [2.75, 3.05) is 25.0 Å². The molecule has 194 valence electrons. The molecule has 4 N–H and O–H groups in total. The van der Waals surface area contributed by atoms with Crippen molar-refractivity contribution < 1.29 is 37.7 Å². The van der Waals surface area contributed by atoms with Crippen molar-refractivity contribution in [3.05, 3.63) is 56.9 Å². The molecule has 1 amide bonds. The summed E-state index contributed by atoms with van der Waals surface area (Å²) in [5.41, 5.74) is -2.09. The molecule has 8 nitrogen and oxygen atoms in total. The van der Waals surface area contributed by atoms with Gasteiger partial charge in [0.1, 0.15) is 17.5 Å². The fraction of sp³-hybridized carbons (Fsp3) is 0.417. The summed E-state index contributed by atoms with van der Waals surface area (Å²) in [7, 11) is 0. The lowest BCUT2D eigenvalue weighted by molar-refractivity contribution is -0.150. The molecule has 2 aliphatic rings. The maximum Gasteiger partial charge on any atom is 0.302 e. The third-order valence-electron chi connectivity index (χ3n) is 6.28. The molecule has 0 radical (unpaired) electrons. The Hall–Kier alpha value is -2.42. The van der Waals surface area contributed by atoms with Crippen molar-refractivity contribution >= 4 is 45.8 Å². The first kappa shape index (κ1) is 26.6. The van der Waals surface area contributed by atoms with E-state index in [-0.39, 0.29) is 36.9 Å². The van der Waals surface area contributed by atoms with Gasteiger partial charge in [0, 0.05) is 29.5 Å². The van der Waals surface area contributed by atoms with E-state index in [1.807, 2.05) is 22.6 Å². The average molecular weight is 619 g/mol. The minimum absolute atomic E-state index is 0.0716. The quantitative estimate of drug-likeness (QED) is 0.279. The lowest BCUT2D eigenvalue weighted by Gasteiger charge is -2.47. The number of rotatable bonds is 7. The molecule has 1 aliphatic heterocycles. The van der Waals surface area contributed by atoms with Gasteiger partial charge in [-0.1, -0.05) is 0 Å². The Morgan fingerprint density at radius 1 is 1.17 bits per heavy atom. The van der Waals surface area contributed by atoms with Crippen LogP contribution in [0.1, 0.15) is 30.1 Å². The predicted molar refractivity (Wildman–Crippen MR) is 132 cm³/mol. The van der Waals surface area contributed by atoms with E-state index in [0.717, 1.165) is 12.1 Å². The maximum absolute atomic E-state index is 14.6. The average Bonchev–Trinajstić information content (AvgIpc) is 3.13. The number of aliphatic hydroxyl groups is 2. The minimum Gasteiger partial charge on any atom is -0.460 e. The first-order chi connectivity index (χ1) is 17.0. The Bertz CT molecular complexity index is 1180. The SMILES string of the molecule is CC(=O)O[C@@H]1CC(NCC2(O)CN(C(=O)c3ccc(F)c(F)c3Nc3ccc(I)cc3F)C2)C[C@@H]1O. The molecule has 0 spiro atoms. The Morgan fingerprint density at radius 3 is 2.56 bits per heavy atom. The summed E-state index contributed by atoms with van der Waals surface area (Å²) in [4.78, 5) is 25.5. The van der Waals surface area contributed by atoms with Crippen molar-refractivity contribution in [3.63, 3.8) is 0 Å². The van der Waals surface area contributed by atoms with Gasteiger partial charge in [-0.25, -0.2) is 13.2 Å². The van der Waals surface area contributed by atoms with E-state index < -0.39 is 52.8 Å². The number of halogens is 4. The number of likely N-dealkylation sites (tertiary alicyclic amines) is 1. The number of nitrogens with zero attached hydrogens (tertiary/aromatic N) is 1. The number of carbonyl (C=O) groups is 2. The van der Waals surface area contributed by atoms with Crippen LogP contribution in [0.4, 0.5) is 24.5 Å². The van der Waals surface area contributed by atoms with Crippen LogP contribution in [-0.2, 0) is 9.53 Å². The van der Waals surface area contributed by atoms with E-state index in [9.17, 15) is 33.0 Å². The number of ether oxygens (including phenoxy) is 1. The van der Waals surface area contributed by atoms with Crippen molar-refractivity contribution in [1.29, 1.82) is 0 Å². The monoisotopic (exact) mass is 619 g/mol. The lowest BCUT2D eigenvalue weighted by atomic mass is 9.92. The minimum atomic E-state index is -1.32. The standard InChI is InChI=1S/C24H25F3IN3O5/c1-12(32)36-20-8-14(7-19(20)33)29-9-24(35)10-31(11-24)23(34)15-3-4-16(25)21(27)22(15)30-18-5-2-13(28)6-17(18)26/h2-6,14,19-20,29-30,33,35H,7-11H2,1H3/t14?,19-,20+/m0/s1. The number of β-amino-alcohol motifs (C(OH)–C–C–N with tert-alkyl or cyclic N) is 1. The molecule has 4 rings (SSSR count). The van der Waals surface area contributed by atoms with E-state index in [0.29, 0.717) is 16.4 Å². The number of aliphatic hydroxyl groups excluding tert-OH is 1. The summed E-state index contributed by atoms with van der Waals surface area (Å²) in [6.45, 7) is 1.23. The van der Waals surface area contributed by atoms with Gasteiger partial charge in [0.25, 0.3) is 5.91 Å². The molecule has 1 saturated carbocycles. The number of amides is 1. The number of carbonyl (C=O) groups excluding carboxylic acids is 2. The summed E-state index contributed by atoms with van der Waals surface area (Å²) in [6.07, 6.45) is -0.697. The molecule has 0 aromatic heterocycles. The molecule has 1 aliphatic carbocycles. The van der Waals surface area contributed by atoms with Gasteiger partial charge in [-0.3, -0.25) is 9.59 Å². The molecule has 36 heavy (non-hydrogen) atoms. The molecular weight excluding hydrogens is 594 g/mol. The summed E-state index contributed by atoms with van der Waals surface area (Å²) < 4.78 is 48.6. The zero-order valence-corrected chi connectivity index (χ0v) is 21.4. The van der Waals surface area contributed by atoms with Gasteiger partial charge in [0.2, 0.25) is 0 Å². The van der Waals surface area contributed by atoms with E-state index in [1.165, 1.54) is 24.0 Å². The fourth-order valence-electron chi connectivity index (χ4n) is 4.48. The van der Waals surface area contributed by atoms with Gasteiger partial charge >= 0.3 is 5.97 Å². The number of nitrogens with one attached hydrogen (secondary N) is 2. The van der Waals surface area contributed by atoms with Crippen molar-refractivity contribution in [2.24, 2.45) is 0 Å². The van der Waals surface area contributed by atoms with Crippen LogP contribution < -0.4 is 10.6 Å². The Labute approximate surface area is 218 Å². The fourth-order valence-corrected chi connectivity index (χ4v) is 4.94. The zero-order valence-electron chi connectivity index (χ0n) is 19.2. The summed E-state index contributed by atoms with van der Waals surface area (Å²) >= 11 is 1.91. The molecule has 2 fully saturated rings. The van der Waals surface area contributed by atoms with Crippen LogP contribution in [0.3, 0.4) is 0 Å². The highest BCUT2D eigenvalue weighted by Crippen LogP contribution is 2.32. The molecule has 2 aromatic rings. The molecule has 0 bridgehead atoms. The van der Waals surface area contributed by atoms with Crippen molar-refractivity contribution in [3.8, 4) is 0 Å². The second-order valence-corrected chi connectivity index (χ2v) is 10.4. The van der Waals surface area contributed by atoms with E-state index >= 15 is 0 Å². The highest BCUT2D eigenvalue weighted by Gasteiger charge is 2.45. The Balaban J connectivity index is 1.40. The molecule has 12 heteroatoms. The Kier molecular flexibility index (Phi) is 7.78. The maximum atomic E-state index is 14.6. The number of hydrogen-bond donors (Lipinski definition) is 4.